The summed E-state index contributed by atoms with van der Waals surface area (Å²) < 4.78 is 54.8. The van der Waals surface area contributed by atoms with Gasteiger partial charge in [0.25, 0.3) is 0 Å². The lowest BCUT2D eigenvalue weighted by Gasteiger charge is -2.33. The average molecular weight is 521 g/mol. The van der Waals surface area contributed by atoms with Crippen molar-refractivity contribution < 1.29 is 22.6 Å². The first-order chi connectivity index (χ1) is 18.2. The van der Waals surface area contributed by atoms with E-state index in [9.17, 15) is 13.2 Å². The zero-order valence-corrected chi connectivity index (χ0v) is 21.4. The van der Waals surface area contributed by atoms with Crippen LogP contribution in [0.4, 0.5) is 24.7 Å². The van der Waals surface area contributed by atoms with Gasteiger partial charge in [0.15, 0.2) is 17.5 Å². The van der Waals surface area contributed by atoms with E-state index < -0.39 is 18.3 Å². The number of fused-ring (bicyclic) bond motifs is 4. The third-order valence-electron chi connectivity index (χ3n) is 7.53. The van der Waals surface area contributed by atoms with E-state index in [2.05, 4.69) is 29.5 Å². The summed E-state index contributed by atoms with van der Waals surface area (Å²) in [6, 6.07) is 10.2. The molecule has 0 spiro atoms. The van der Waals surface area contributed by atoms with Gasteiger partial charge >= 0.3 is 6.18 Å². The maximum Gasteiger partial charge on any atom is 0.410 e. The number of hydrogen-bond donors (Lipinski definition) is 1. The monoisotopic (exact) mass is 520 g/mol. The number of methoxy groups -OCH3 is 2. The number of rotatable bonds is 4. The molecule has 6 nitrogen and oxygen atoms in total. The van der Waals surface area contributed by atoms with Crippen LogP contribution >= 0.6 is 0 Å². The van der Waals surface area contributed by atoms with Gasteiger partial charge in [0.2, 0.25) is 0 Å². The summed E-state index contributed by atoms with van der Waals surface area (Å²) in [7, 11) is 3.02. The van der Waals surface area contributed by atoms with Gasteiger partial charge in [0.1, 0.15) is 5.82 Å². The summed E-state index contributed by atoms with van der Waals surface area (Å²) in [5.74, 6) is 1.45. The lowest BCUT2D eigenvalue weighted by Crippen LogP contribution is -2.35. The maximum absolute atomic E-state index is 14.4. The highest BCUT2D eigenvalue weighted by atomic mass is 19.4. The molecule has 1 unspecified atom stereocenters. The molecule has 2 aromatic carbocycles. The first-order valence-electron chi connectivity index (χ1n) is 12.5. The third-order valence-corrected chi connectivity index (χ3v) is 7.53. The highest BCUT2D eigenvalue weighted by Gasteiger charge is 2.47. The Kier molecular flexibility index (Phi) is 5.63. The third kappa shape index (κ3) is 3.79. The molecule has 1 aliphatic carbocycles. The van der Waals surface area contributed by atoms with E-state index in [-0.39, 0.29) is 12.3 Å². The number of anilines is 1. The highest BCUT2D eigenvalue weighted by molar-refractivity contribution is 6.33. The smallest absolute Gasteiger partial charge is 0.410 e. The molecule has 2 aliphatic heterocycles. The molecule has 0 saturated heterocycles. The molecule has 1 aromatic heterocycles. The Bertz CT molecular complexity index is 1530. The SMILES string of the molecule is COc1ccc([C@@H]2C[C@H](C(F)(F)F)n3nc(-c4cccc5c4C4=C(C)C=CC(C)C4=N5)cc3N2)cc1OC. The van der Waals surface area contributed by atoms with Gasteiger partial charge in [-0.2, -0.15) is 18.3 Å². The van der Waals surface area contributed by atoms with Crippen LogP contribution in [-0.4, -0.2) is 35.9 Å². The maximum atomic E-state index is 14.4. The number of allylic oxidation sites excluding steroid dienone is 4. The van der Waals surface area contributed by atoms with Crippen molar-refractivity contribution in [2.45, 2.75) is 38.5 Å². The van der Waals surface area contributed by atoms with Crippen LogP contribution in [0.5, 0.6) is 11.5 Å². The Morgan fingerprint density at radius 3 is 2.58 bits per heavy atom. The molecule has 6 rings (SSSR count). The van der Waals surface area contributed by atoms with E-state index >= 15 is 0 Å². The Hall–Kier alpha value is -4.01. The van der Waals surface area contributed by atoms with Crippen molar-refractivity contribution in [2.24, 2.45) is 10.9 Å². The Morgan fingerprint density at radius 2 is 1.84 bits per heavy atom. The fraction of sp³-hybridized carbons (Fsp3) is 0.310. The van der Waals surface area contributed by atoms with Gasteiger partial charge in [0, 0.05) is 35.1 Å². The summed E-state index contributed by atoms with van der Waals surface area (Å²) in [5.41, 5.74) is 6.76. The molecule has 0 saturated carbocycles. The first-order valence-corrected chi connectivity index (χ1v) is 12.5. The largest absolute Gasteiger partial charge is 0.493 e. The molecule has 196 valence electrons. The quantitative estimate of drug-likeness (QED) is 0.392. The molecule has 38 heavy (non-hydrogen) atoms. The molecule has 3 atom stereocenters. The lowest BCUT2D eigenvalue weighted by molar-refractivity contribution is -0.173. The highest BCUT2D eigenvalue weighted by Crippen LogP contribution is 2.49. The number of ether oxygens (including phenoxy) is 2. The van der Waals surface area contributed by atoms with Gasteiger partial charge in [-0.25, -0.2) is 4.68 Å². The minimum absolute atomic E-state index is 0.155. The Labute approximate surface area is 218 Å². The van der Waals surface area contributed by atoms with Crippen molar-refractivity contribution in [1.29, 1.82) is 0 Å². The van der Waals surface area contributed by atoms with Crippen LogP contribution in [0.3, 0.4) is 0 Å². The lowest BCUT2D eigenvalue weighted by atomic mass is 9.84. The summed E-state index contributed by atoms with van der Waals surface area (Å²) >= 11 is 0. The molecular formula is C29H27F3N4O2. The van der Waals surface area contributed by atoms with Crippen LogP contribution < -0.4 is 14.8 Å². The van der Waals surface area contributed by atoms with E-state index in [4.69, 9.17) is 14.5 Å². The molecule has 3 aromatic rings. The number of alkyl halides is 3. The van der Waals surface area contributed by atoms with Crippen molar-refractivity contribution >= 4 is 22.8 Å². The van der Waals surface area contributed by atoms with Crippen molar-refractivity contribution in [3.8, 4) is 22.8 Å². The number of halogens is 3. The normalized spacial score (nSPS) is 21.9. The first kappa shape index (κ1) is 24.3. The molecule has 0 bridgehead atoms. The van der Waals surface area contributed by atoms with Crippen LogP contribution in [0.2, 0.25) is 0 Å². The number of aromatic nitrogens is 2. The van der Waals surface area contributed by atoms with Crippen LogP contribution in [0.1, 0.15) is 43.5 Å². The topological polar surface area (TPSA) is 60.7 Å². The fourth-order valence-electron chi connectivity index (χ4n) is 5.61. The van der Waals surface area contributed by atoms with Gasteiger partial charge in [-0.3, -0.25) is 4.99 Å². The molecule has 1 N–H and O–H groups in total. The van der Waals surface area contributed by atoms with Gasteiger partial charge in [0.05, 0.1) is 37.4 Å². The Morgan fingerprint density at radius 1 is 1.05 bits per heavy atom. The standard InChI is InChI=1S/C29H27F3N4O2/c1-15-8-9-16(2)28-26(15)27-18(6-5-7-19(27)34-28)21-14-25-33-20(13-24(29(30,31)32)36(25)35-21)17-10-11-22(37-3)23(12-17)38-4/h5-12,14,16,20,24,33H,13H2,1-4H3/t16?,20-,24+/m0/s1. The molecule has 0 radical (unpaired) electrons. The number of nitrogens with zero attached hydrogens (tertiary/aromatic N) is 3. The average Bonchev–Trinajstić information content (AvgIpc) is 3.51. The van der Waals surface area contributed by atoms with Crippen molar-refractivity contribution in [3.05, 3.63) is 71.3 Å². The molecular weight excluding hydrogens is 493 g/mol. The predicted molar refractivity (Wildman–Crippen MR) is 141 cm³/mol. The second kappa shape index (κ2) is 8.79. The zero-order chi connectivity index (χ0) is 26.8. The van der Waals surface area contributed by atoms with E-state index in [1.54, 1.807) is 24.3 Å². The summed E-state index contributed by atoms with van der Waals surface area (Å²) in [6.07, 6.45) is -0.491. The van der Waals surface area contributed by atoms with Crippen LogP contribution in [0, 0.1) is 5.92 Å². The summed E-state index contributed by atoms with van der Waals surface area (Å²) in [6.45, 7) is 4.13. The second-order valence-electron chi connectivity index (χ2n) is 9.87. The minimum atomic E-state index is -4.48. The van der Waals surface area contributed by atoms with E-state index in [1.807, 2.05) is 25.1 Å². The van der Waals surface area contributed by atoms with Gasteiger partial charge in [-0.1, -0.05) is 37.3 Å². The van der Waals surface area contributed by atoms with E-state index in [1.165, 1.54) is 14.2 Å². The van der Waals surface area contributed by atoms with E-state index in [0.717, 1.165) is 38.4 Å². The fourth-order valence-corrected chi connectivity index (χ4v) is 5.61. The molecule has 0 fully saturated rings. The van der Waals surface area contributed by atoms with Gasteiger partial charge in [-0.15, -0.1) is 0 Å². The van der Waals surface area contributed by atoms with Gasteiger partial charge in [-0.05, 0) is 36.3 Å². The van der Waals surface area contributed by atoms with E-state index in [0.29, 0.717) is 28.6 Å². The van der Waals surface area contributed by atoms with Crippen LogP contribution in [0.15, 0.2) is 65.2 Å². The Balaban J connectivity index is 1.44. The number of nitrogens with one attached hydrogen (secondary N) is 1. The number of benzene rings is 2. The minimum Gasteiger partial charge on any atom is -0.493 e. The second-order valence-corrected chi connectivity index (χ2v) is 9.87. The van der Waals surface area contributed by atoms with Crippen molar-refractivity contribution in [1.82, 2.24) is 9.78 Å². The molecule has 0 amide bonds. The zero-order valence-electron chi connectivity index (χ0n) is 21.4. The summed E-state index contributed by atoms with van der Waals surface area (Å²) in [5, 5.41) is 7.80. The van der Waals surface area contributed by atoms with Crippen LogP contribution in [0.25, 0.3) is 16.8 Å². The molecule has 9 heteroatoms. The van der Waals surface area contributed by atoms with Crippen LogP contribution in [-0.2, 0) is 0 Å². The molecule has 3 aliphatic rings. The van der Waals surface area contributed by atoms with Gasteiger partial charge < -0.3 is 14.8 Å². The molecule has 3 heterocycles. The number of hydrogen-bond acceptors (Lipinski definition) is 5. The van der Waals surface area contributed by atoms with Crippen molar-refractivity contribution in [3.63, 3.8) is 0 Å². The predicted octanol–water partition coefficient (Wildman–Crippen LogP) is 7.29. The summed E-state index contributed by atoms with van der Waals surface area (Å²) in [4.78, 5) is 4.86. The van der Waals surface area contributed by atoms with Crippen molar-refractivity contribution in [2.75, 3.05) is 19.5 Å². The number of aliphatic imine (C=N–C) groups is 1.